The van der Waals surface area contributed by atoms with Crippen LogP contribution in [0.1, 0.15) is 4.88 Å². The van der Waals surface area contributed by atoms with Gasteiger partial charge in [0, 0.05) is 11.4 Å². The lowest BCUT2D eigenvalue weighted by Gasteiger charge is -2.13. The van der Waals surface area contributed by atoms with Crippen molar-refractivity contribution in [1.29, 1.82) is 0 Å². The quantitative estimate of drug-likeness (QED) is 0.746. The van der Waals surface area contributed by atoms with E-state index in [1.54, 1.807) is 0 Å². The van der Waals surface area contributed by atoms with E-state index in [-0.39, 0.29) is 5.97 Å². The number of carbonyl (C=O) groups is 1. The standard InChI is InChI=1S/C9H12ClNO2S/c1-11(6-9(12)13-2)5-7-3-4-8(10)14-7/h3-4H,5-6H2,1-2H3. The smallest absolute Gasteiger partial charge is 0.319 e. The maximum atomic E-state index is 10.9. The van der Waals surface area contributed by atoms with Gasteiger partial charge in [-0.25, -0.2) is 0 Å². The van der Waals surface area contributed by atoms with Gasteiger partial charge >= 0.3 is 5.97 Å². The first-order valence-corrected chi connectivity index (χ1v) is 5.31. The number of hydrogen-bond acceptors (Lipinski definition) is 4. The lowest BCUT2D eigenvalue weighted by molar-refractivity contribution is -0.141. The number of rotatable bonds is 4. The van der Waals surface area contributed by atoms with Crippen LogP contribution < -0.4 is 0 Å². The molecule has 1 heterocycles. The summed E-state index contributed by atoms with van der Waals surface area (Å²) in [4.78, 5) is 14.0. The van der Waals surface area contributed by atoms with E-state index in [0.717, 1.165) is 9.21 Å². The molecule has 0 aliphatic rings. The molecule has 0 atom stereocenters. The van der Waals surface area contributed by atoms with Crippen LogP contribution in [0.5, 0.6) is 0 Å². The molecular weight excluding hydrogens is 222 g/mol. The van der Waals surface area contributed by atoms with E-state index in [4.69, 9.17) is 11.6 Å². The molecule has 0 aliphatic heterocycles. The van der Waals surface area contributed by atoms with Crippen molar-refractivity contribution in [2.75, 3.05) is 20.7 Å². The van der Waals surface area contributed by atoms with Crippen molar-refractivity contribution in [3.8, 4) is 0 Å². The predicted molar refractivity (Wildman–Crippen MR) is 57.7 cm³/mol. The van der Waals surface area contributed by atoms with Gasteiger partial charge in [0.25, 0.3) is 0 Å². The molecule has 0 radical (unpaired) electrons. The minimum atomic E-state index is -0.227. The molecule has 3 nitrogen and oxygen atoms in total. The molecule has 0 unspecified atom stereocenters. The van der Waals surface area contributed by atoms with Gasteiger partial charge in [-0.2, -0.15) is 0 Å². The summed E-state index contributed by atoms with van der Waals surface area (Å²) in [5, 5.41) is 0. The molecule has 14 heavy (non-hydrogen) atoms. The van der Waals surface area contributed by atoms with Crippen molar-refractivity contribution >= 4 is 28.9 Å². The molecule has 1 aromatic heterocycles. The van der Waals surface area contributed by atoms with Gasteiger partial charge in [0.15, 0.2) is 0 Å². The SMILES string of the molecule is COC(=O)CN(C)Cc1ccc(Cl)s1. The Labute approximate surface area is 92.2 Å². The van der Waals surface area contributed by atoms with Crippen molar-refractivity contribution in [1.82, 2.24) is 4.90 Å². The second-order valence-corrected chi connectivity index (χ2v) is 4.75. The van der Waals surface area contributed by atoms with Crippen LogP contribution in [0.3, 0.4) is 0 Å². The summed E-state index contributed by atoms with van der Waals surface area (Å²) in [7, 11) is 3.25. The third-order valence-corrected chi connectivity index (χ3v) is 2.90. The Morgan fingerprint density at radius 3 is 2.86 bits per heavy atom. The fourth-order valence-electron chi connectivity index (χ4n) is 1.04. The average molecular weight is 234 g/mol. The first kappa shape index (κ1) is 11.5. The Bertz CT molecular complexity index is 314. The Morgan fingerprint density at radius 1 is 1.64 bits per heavy atom. The minimum absolute atomic E-state index is 0.227. The van der Waals surface area contributed by atoms with E-state index in [9.17, 15) is 4.79 Å². The van der Waals surface area contributed by atoms with E-state index >= 15 is 0 Å². The molecule has 0 aromatic carbocycles. The van der Waals surface area contributed by atoms with Crippen LogP contribution in [0.25, 0.3) is 0 Å². The lowest BCUT2D eigenvalue weighted by atomic mass is 10.4. The van der Waals surface area contributed by atoms with E-state index in [1.165, 1.54) is 18.4 Å². The zero-order valence-corrected chi connectivity index (χ0v) is 9.69. The molecule has 1 rings (SSSR count). The van der Waals surface area contributed by atoms with Crippen LogP contribution in [0.15, 0.2) is 12.1 Å². The second kappa shape index (κ2) is 5.34. The molecular formula is C9H12ClNO2S. The summed E-state index contributed by atoms with van der Waals surface area (Å²) in [5.41, 5.74) is 0. The molecule has 0 N–H and O–H groups in total. The van der Waals surface area contributed by atoms with E-state index in [1.807, 2.05) is 24.1 Å². The Hall–Kier alpha value is -0.580. The van der Waals surface area contributed by atoms with Crippen LogP contribution in [0.4, 0.5) is 0 Å². The summed E-state index contributed by atoms with van der Waals surface area (Å²) in [6.07, 6.45) is 0. The summed E-state index contributed by atoms with van der Waals surface area (Å²) < 4.78 is 5.33. The fourth-order valence-corrected chi connectivity index (χ4v) is 2.21. The molecule has 5 heteroatoms. The molecule has 0 saturated carbocycles. The van der Waals surface area contributed by atoms with Gasteiger partial charge in [-0.1, -0.05) is 11.6 Å². The number of esters is 1. The van der Waals surface area contributed by atoms with Gasteiger partial charge in [-0.05, 0) is 19.2 Å². The van der Waals surface area contributed by atoms with Crippen LogP contribution >= 0.6 is 22.9 Å². The third kappa shape index (κ3) is 3.65. The van der Waals surface area contributed by atoms with Gasteiger partial charge in [-0.15, -0.1) is 11.3 Å². The molecule has 0 spiro atoms. The molecule has 0 aliphatic carbocycles. The van der Waals surface area contributed by atoms with Gasteiger partial charge in [-0.3, -0.25) is 9.69 Å². The monoisotopic (exact) mass is 233 g/mol. The van der Waals surface area contributed by atoms with Crippen molar-refractivity contribution in [3.05, 3.63) is 21.3 Å². The minimum Gasteiger partial charge on any atom is -0.468 e. The van der Waals surface area contributed by atoms with E-state index in [0.29, 0.717) is 13.1 Å². The number of thiophene rings is 1. The van der Waals surface area contributed by atoms with Crippen molar-refractivity contribution in [2.24, 2.45) is 0 Å². The first-order valence-electron chi connectivity index (χ1n) is 4.11. The highest BCUT2D eigenvalue weighted by molar-refractivity contribution is 7.16. The Kier molecular flexibility index (Phi) is 4.38. The van der Waals surface area contributed by atoms with Crippen molar-refractivity contribution in [3.63, 3.8) is 0 Å². The van der Waals surface area contributed by atoms with E-state index < -0.39 is 0 Å². The molecule has 0 saturated heterocycles. The number of likely N-dealkylation sites (N-methyl/N-ethyl adjacent to an activating group) is 1. The number of nitrogens with zero attached hydrogens (tertiary/aromatic N) is 1. The Balaban J connectivity index is 2.41. The number of ether oxygens (including phenoxy) is 1. The molecule has 1 aromatic rings. The summed E-state index contributed by atoms with van der Waals surface area (Å²) in [6, 6.07) is 3.81. The number of halogens is 1. The molecule has 0 bridgehead atoms. The Morgan fingerprint density at radius 2 is 2.36 bits per heavy atom. The van der Waals surface area contributed by atoms with Crippen molar-refractivity contribution in [2.45, 2.75) is 6.54 Å². The maximum Gasteiger partial charge on any atom is 0.319 e. The van der Waals surface area contributed by atoms with Gasteiger partial charge in [0.1, 0.15) is 0 Å². The number of hydrogen-bond donors (Lipinski definition) is 0. The highest BCUT2D eigenvalue weighted by Gasteiger charge is 2.07. The molecule has 0 fully saturated rings. The zero-order chi connectivity index (χ0) is 10.6. The largest absolute Gasteiger partial charge is 0.468 e. The summed E-state index contributed by atoms with van der Waals surface area (Å²) in [5.74, 6) is -0.227. The topological polar surface area (TPSA) is 29.5 Å². The second-order valence-electron chi connectivity index (χ2n) is 2.95. The van der Waals surface area contributed by atoms with Crippen LogP contribution in [0, 0.1) is 0 Å². The van der Waals surface area contributed by atoms with Gasteiger partial charge in [0.05, 0.1) is 18.0 Å². The number of methoxy groups -OCH3 is 1. The van der Waals surface area contributed by atoms with Gasteiger partial charge < -0.3 is 4.74 Å². The number of carbonyl (C=O) groups excluding carboxylic acids is 1. The highest BCUT2D eigenvalue weighted by atomic mass is 35.5. The average Bonchev–Trinajstić information content (AvgIpc) is 2.50. The van der Waals surface area contributed by atoms with Gasteiger partial charge in [0.2, 0.25) is 0 Å². The predicted octanol–water partition coefficient (Wildman–Crippen LogP) is 2.01. The zero-order valence-electron chi connectivity index (χ0n) is 8.12. The lowest BCUT2D eigenvalue weighted by Crippen LogP contribution is -2.25. The molecule has 0 amide bonds. The van der Waals surface area contributed by atoms with Crippen LogP contribution in [-0.4, -0.2) is 31.6 Å². The van der Waals surface area contributed by atoms with E-state index in [2.05, 4.69) is 4.74 Å². The van der Waals surface area contributed by atoms with Crippen LogP contribution in [0.2, 0.25) is 4.34 Å². The van der Waals surface area contributed by atoms with Crippen LogP contribution in [-0.2, 0) is 16.1 Å². The summed E-state index contributed by atoms with van der Waals surface area (Å²) >= 11 is 7.31. The fraction of sp³-hybridized carbons (Fsp3) is 0.444. The molecule has 78 valence electrons. The third-order valence-electron chi connectivity index (χ3n) is 1.68. The highest BCUT2D eigenvalue weighted by Crippen LogP contribution is 2.22. The first-order chi connectivity index (χ1) is 6.61. The maximum absolute atomic E-state index is 10.9. The van der Waals surface area contributed by atoms with Crippen molar-refractivity contribution < 1.29 is 9.53 Å². The summed E-state index contributed by atoms with van der Waals surface area (Å²) in [6.45, 7) is 1.01. The normalized spacial score (nSPS) is 10.6.